The van der Waals surface area contributed by atoms with Crippen molar-refractivity contribution in [1.29, 1.82) is 0 Å². The molecule has 0 aromatic heterocycles. The maximum atomic E-state index is 11.2. The standard InChI is InChI=1S/C10H19NO2/c1-7-10(4,5)11(6)13-9(12)8(2)3/h2,7H2,1,3-6H3. The normalized spacial score (nSPS) is 11.5. The maximum absolute atomic E-state index is 11.2. The Kier molecular flexibility index (Phi) is 4.14. The molecule has 0 saturated heterocycles. The molecule has 0 spiro atoms. The summed E-state index contributed by atoms with van der Waals surface area (Å²) in [5.41, 5.74) is 0.282. The molecule has 0 amide bonds. The summed E-state index contributed by atoms with van der Waals surface area (Å²) in [6, 6.07) is 0. The first kappa shape index (κ1) is 12.2. The number of carbonyl (C=O) groups is 1. The smallest absolute Gasteiger partial charge is 0.352 e. The van der Waals surface area contributed by atoms with Gasteiger partial charge >= 0.3 is 5.97 Å². The van der Waals surface area contributed by atoms with Crippen molar-refractivity contribution in [3.63, 3.8) is 0 Å². The Bertz CT molecular complexity index is 209. The van der Waals surface area contributed by atoms with Crippen LogP contribution in [0.3, 0.4) is 0 Å². The summed E-state index contributed by atoms with van der Waals surface area (Å²) in [7, 11) is 1.75. The highest BCUT2D eigenvalue weighted by Crippen LogP contribution is 2.17. The van der Waals surface area contributed by atoms with E-state index in [1.165, 1.54) is 0 Å². The van der Waals surface area contributed by atoms with E-state index in [2.05, 4.69) is 6.58 Å². The molecule has 0 saturated carbocycles. The van der Waals surface area contributed by atoms with E-state index < -0.39 is 0 Å². The number of hydroxylamine groups is 2. The lowest BCUT2D eigenvalue weighted by Crippen LogP contribution is -2.41. The summed E-state index contributed by atoms with van der Waals surface area (Å²) in [5.74, 6) is -0.371. The van der Waals surface area contributed by atoms with Crippen molar-refractivity contribution in [2.45, 2.75) is 39.7 Å². The highest BCUT2D eigenvalue weighted by Gasteiger charge is 2.24. The number of rotatable bonds is 4. The van der Waals surface area contributed by atoms with Gasteiger partial charge in [-0.25, -0.2) is 4.79 Å². The molecule has 0 aromatic carbocycles. The second-order valence-electron chi connectivity index (χ2n) is 3.82. The summed E-state index contributed by atoms with van der Waals surface area (Å²) in [5, 5.41) is 1.57. The van der Waals surface area contributed by atoms with Crippen LogP contribution in [0.25, 0.3) is 0 Å². The van der Waals surface area contributed by atoms with Crippen molar-refractivity contribution < 1.29 is 9.63 Å². The third-order valence-electron chi connectivity index (χ3n) is 2.29. The largest absolute Gasteiger partial charge is 0.364 e. The fourth-order valence-corrected chi connectivity index (χ4v) is 0.549. The molecule has 0 rings (SSSR count). The molecule has 0 heterocycles. The zero-order valence-corrected chi connectivity index (χ0v) is 9.18. The summed E-state index contributed by atoms with van der Waals surface area (Å²) >= 11 is 0. The molecule has 0 fully saturated rings. The zero-order valence-electron chi connectivity index (χ0n) is 9.18. The summed E-state index contributed by atoms with van der Waals surface area (Å²) in [6.07, 6.45) is 0.910. The number of nitrogens with zero attached hydrogens (tertiary/aromatic N) is 1. The topological polar surface area (TPSA) is 29.5 Å². The van der Waals surface area contributed by atoms with Gasteiger partial charge in [-0.05, 0) is 27.2 Å². The van der Waals surface area contributed by atoms with Crippen LogP contribution in [0.2, 0.25) is 0 Å². The Balaban J connectivity index is 4.23. The van der Waals surface area contributed by atoms with Gasteiger partial charge in [-0.15, -0.1) is 5.06 Å². The summed E-state index contributed by atoms with van der Waals surface area (Å²) in [6.45, 7) is 11.2. The molecule has 0 unspecified atom stereocenters. The van der Waals surface area contributed by atoms with Crippen molar-refractivity contribution in [2.75, 3.05) is 7.05 Å². The quantitative estimate of drug-likeness (QED) is 0.496. The number of hydrogen-bond acceptors (Lipinski definition) is 3. The van der Waals surface area contributed by atoms with E-state index in [0.717, 1.165) is 6.42 Å². The minimum Gasteiger partial charge on any atom is -0.364 e. The molecule has 0 radical (unpaired) electrons. The third kappa shape index (κ3) is 3.59. The molecule has 0 aliphatic rings. The van der Waals surface area contributed by atoms with Crippen LogP contribution in [-0.4, -0.2) is 23.6 Å². The Hall–Kier alpha value is -0.830. The van der Waals surface area contributed by atoms with E-state index in [4.69, 9.17) is 4.84 Å². The van der Waals surface area contributed by atoms with Gasteiger partial charge in [-0.2, -0.15) is 0 Å². The Morgan fingerprint density at radius 3 is 2.31 bits per heavy atom. The zero-order chi connectivity index (χ0) is 10.6. The molecule has 0 aliphatic heterocycles. The third-order valence-corrected chi connectivity index (χ3v) is 2.29. The number of carbonyl (C=O) groups excluding carboxylic acids is 1. The van der Waals surface area contributed by atoms with Crippen molar-refractivity contribution in [1.82, 2.24) is 5.06 Å². The lowest BCUT2D eigenvalue weighted by molar-refractivity contribution is -0.203. The highest BCUT2D eigenvalue weighted by molar-refractivity contribution is 5.86. The minimum atomic E-state index is -0.371. The van der Waals surface area contributed by atoms with Gasteiger partial charge in [0.1, 0.15) is 0 Å². The highest BCUT2D eigenvalue weighted by atomic mass is 16.7. The Labute approximate surface area is 80.3 Å². The monoisotopic (exact) mass is 185 g/mol. The first-order valence-electron chi connectivity index (χ1n) is 4.43. The van der Waals surface area contributed by atoms with Gasteiger partial charge in [0.15, 0.2) is 0 Å². The van der Waals surface area contributed by atoms with E-state index in [9.17, 15) is 4.79 Å². The second-order valence-corrected chi connectivity index (χ2v) is 3.82. The van der Waals surface area contributed by atoms with Gasteiger partial charge < -0.3 is 4.84 Å². The van der Waals surface area contributed by atoms with Crippen LogP contribution in [0.4, 0.5) is 0 Å². The molecule has 3 heteroatoms. The van der Waals surface area contributed by atoms with Crippen LogP contribution in [-0.2, 0) is 9.63 Å². The van der Waals surface area contributed by atoms with E-state index in [-0.39, 0.29) is 11.5 Å². The van der Waals surface area contributed by atoms with E-state index in [1.807, 2.05) is 20.8 Å². The van der Waals surface area contributed by atoms with Gasteiger partial charge in [0.2, 0.25) is 0 Å². The van der Waals surface area contributed by atoms with Crippen LogP contribution in [0.1, 0.15) is 34.1 Å². The maximum Gasteiger partial charge on any atom is 0.352 e. The van der Waals surface area contributed by atoms with Gasteiger partial charge in [0.25, 0.3) is 0 Å². The van der Waals surface area contributed by atoms with Gasteiger partial charge in [-0.3, -0.25) is 0 Å². The molecule has 3 nitrogen and oxygen atoms in total. The van der Waals surface area contributed by atoms with E-state index in [0.29, 0.717) is 5.57 Å². The van der Waals surface area contributed by atoms with Crippen LogP contribution in [0, 0.1) is 0 Å². The van der Waals surface area contributed by atoms with Crippen molar-refractivity contribution >= 4 is 5.97 Å². The molecule has 76 valence electrons. The molecular weight excluding hydrogens is 166 g/mol. The molecule has 0 atom stereocenters. The fourth-order valence-electron chi connectivity index (χ4n) is 0.549. The second kappa shape index (κ2) is 4.42. The average molecular weight is 185 g/mol. The van der Waals surface area contributed by atoms with Crippen molar-refractivity contribution in [3.05, 3.63) is 12.2 Å². The Morgan fingerprint density at radius 2 is 2.00 bits per heavy atom. The van der Waals surface area contributed by atoms with E-state index in [1.54, 1.807) is 19.0 Å². The summed E-state index contributed by atoms with van der Waals surface area (Å²) < 4.78 is 0. The van der Waals surface area contributed by atoms with Gasteiger partial charge in [-0.1, -0.05) is 13.5 Å². The van der Waals surface area contributed by atoms with E-state index >= 15 is 0 Å². The first-order chi connectivity index (χ1) is 5.81. The van der Waals surface area contributed by atoms with Crippen molar-refractivity contribution in [2.24, 2.45) is 0 Å². The minimum absolute atomic E-state index is 0.134. The lowest BCUT2D eigenvalue weighted by Gasteiger charge is -2.32. The predicted octanol–water partition coefficient (Wildman–Crippen LogP) is 2.14. The molecule has 0 aliphatic carbocycles. The average Bonchev–Trinajstić information content (AvgIpc) is 2.04. The van der Waals surface area contributed by atoms with Gasteiger partial charge in [0, 0.05) is 12.6 Å². The molecule has 0 bridgehead atoms. The molecule has 0 aromatic rings. The summed E-state index contributed by atoms with van der Waals surface area (Å²) in [4.78, 5) is 16.2. The molecular formula is C10H19NO2. The Morgan fingerprint density at radius 1 is 1.54 bits per heavy atom. The first-order valence-corrected chi connectivity index (χ1v) is 4.43. The van der Waals surface area contributed by atoms with Crippen molar-refractivity contribution in [3.8, 4) is 0 Å². The molecule has 0 N–H and O–H groups in total. The van der Waals surface area contributed by atoms with Crippen LogP contribution in [0.15, 0.2) is 12.2 Å². The van der Waals surface area contributed by atoms with Crippen LogP contribution in [0.5, 0.6) is 0 Å². The van der Waals surface area contributed by atoms with Gasteiger partial charge in [0.05, 0.1) is 5.54 Å². The van der Waals surface area contributed by atoms with Crippen LogP contribution < -0.4 is 0 Å². The predicted molar refractivity (Wildman–Crippen MR) is 53.0 cm³/mol. The van der Waals surface area contributed by atoms with Crippen LogP contribution >= 0.6 is 0 Å². The fraction of sp³-hybridized carbons (Fsp3) is 0.700. The SMILES string of the molecule is C=C(C)C(=O)ON(C)C(C)(C)CC. The lowest BCUT2D eigenvalue weighted by atomic mass is 10.0. The molecule has 13 heavy (non-hydrogen) atoms. The number of hydrogen-bond donors (Lipinski definition) is 0.